The molecule has 1 aliphatic heterocycles. The van der Waals surface area contributed by atoms with Crippen molar-refractivity contribution in [1.82, 2.24) is 0 Å². The van der Waals surface area contributed by atoms with Gasteiger partial charge in [-0.25, -0.2) is 4.99 Å². The third-order valence-corrected chi connectivity index (χ3v) is 5.86. The van der Waals surface area contributed by atoms with E-state index in [4.69, 9.17) is 14.5 Å². The number of benzene rings is 2. The van der Waals surface area contributed by atoms with Gasteiger partial charge in [0.2, 0.25) is 5.91 Å². The summed E-state index contributed by atoms with van der Waals surface area (Å²) in [6, 6.07) is 14.8. The minimum absolute atomic E-state index is 0.0826. The quantitative estimate of drug-likeness (QED) is 0.606. The molecule has 0 saturated heterocycles. The molecule has 0 bridgehead atoms. The van der Waals surface area contributed by atoms with Gasteiger partial charge >= 0.3 is 5.97 Å². The molecule has 3 rings (SSSR count). The minimum atomic E-state index is -0.359. The standard InChI is InChI=1S/C23H25N3O4S/c1-4-20(23(28)25-15-9-11-17(29-2)12-10-15)31-21-13-16(14-22(27)30-3)24-18-7-5-6-8-19(18)26-21/h5-13,20,24H,4,14H2,1-3H3,(H,25,28)/t20-/m1/s1. The van der Waals surface area contributed by atoms with E-state index in [2.05, 4.69) is 10.6 Å². The Kier molecular flexibility index (Phi) is 7.72. The molecule has 7 nitrogen and oxygen atoms in total. The predicted octanol–water partition coefficient (Wildman–Crippen LogP) is 4.75. The minimum Gasteiger partial charge on any atom is -0.497 e. The number of aliphatic imine (C=N–C) groups is 1. The molecule has 0 saturated carbocycles. The number of anilines is 2. The highest BCUT2D eigenvalue weighted by Crippen LogP contribution is 2.32. The number of hydrogen-bond acceptors (Lipinski definition) is 7. The van der Waals surface area contributed by atoms with Crippen LogP contribution in [0.5, 0.6) is 5.75 Å². The number of carbonyl (C=O) groups excluding carboxylic acids is 2. The van der Waals surface area contributed by atoms with E-state index < -0.39 is 0 Å². The highest BCUT2D eigenvalue weighted by atomic mass is 32.2. The first kappa shape index (κ1) is 22.4. The lowest BCUT2D eigenvalue weighted by Gasteiger charge is -2.15. The van der Waals surface area contributed by atoms with Gasteiger partial charge in [-0.1, -0.05) is 30.8 Å². The van der Waals surface area contributed by atoms with Crippen molar-refractivity contribution in [2.75, 3.05) is 24.9 Å². The van der Waals surface area contributed by atoms with Crippen LogP contribution in [0, 0.1) is 0 Å². The molecule has 0 radical (unpaired) electrons. The first-order valence-electron chi connectivity index (χ1n) is 9.86. The van der Waals surface area contributed by atoms with Crippen LogP contribution in [0.3, 0.4) is 0 Å². The maximum atomic E-state index is 12.9. The number of methoxy groups -OCH3 is 2. The fourth-order valence-electron chi connectivity index (χ4n) is 2.93. The second-order valence-electron chi connectivity index (χ2n) is 6.75. The predicted molar refractivity (Wildman–Crippen MR) is 125 cm³/mol. The van der Waals surface area contributed by atoms with Crippen LogP contribution in [-0.2, 0) is 14.3 Å². The summed E-state index contributed by atoms with van der Waals surface area (Å²) < 4.78 is 9.95. The Bertz CT molecular complexity index is 1000. The van der Waals surface area contributed by atoms with Crippen LogP contribution in [0.4, 0.5) is 17.1 Å². The fourth-order valence-corrected chi connectivity index (χ4v) is 3.92. The summed E-state index contributed by atoms with van der Waals surface area (Å²) in [6.07, 6.45) is 2.49. The van der Waals surface area contributed by atoms with Gasteiger partial charge in [0, 0.05) is 11.4 Å². The number of nitrogens with one attached hydrogen (secondary N) is 2. The average Bonchev–Trinajstić information content (AvgIpc) is 2.96. The van der Waals surface area contributed by atoms with E-state index in [1.165, 1.54) is 18.9 Å². The third-order valence-electron chi connectivity index (χ3n) is 4.57. The van der Waals surface area contributed by atoms with E-state index in [9.17, 15) is 9.59 Å². The number of amides is 1. The lowest BCUT2D eigenvalue weighted by atomic mass is 10.2. The number of nitrogens with zero attached hydrogens (tertiary/aromatic N) is 1. The van der Waals surface area contributed by atoms with Gasteiger partial charge in [0.15, 0.2) is 0 Å². The fraction of sp³-hybridized carbons (Fsp3) is 0.261. The highest BCUT2D eigenvalue weighted by molar-refractivity contribution is 8.15. The molecule has 0 unspecified atom stereocenters. The van der Waals surface area contributed by atoms with Crippen LogP contribution in [0.2, 0.25) is 0 Å². The molecule has 0 fully saturated rings. The van der Waals surface area contributed by atoms with E-state index in [0.29, 0.717) is 22.8 Å². The van der Waals surface area contributed by atoms with Crippen molar-refractivity contribution in [3.8, 4) is 5.75 Å². The lowest BCUT2D eigenvalue weighted by Crippen LogP contribution is -2.25. The Morgan fingerprint density at radius 1 is 1.13 bits per heavy atom. The lowest BCUT2D eigenvalue weighted by molar-refractivity contribution is -0.139. The van der Waals surface area contributed by atoms with Gasteiger partial charge in [0.05, 0.1) is 42.3 Å². The molecule has 2 aromatic carbocycles. The third kappa shape index (κ3) is 6.11. The summed E-state index contributed by atoms with van der Waals surface area (Å²) in [5.74, 6) is 0.252. The molecule has 1 aliphatic rings. The number of para-hydroxylation sites is 2. The van der Waals surface area contributed by atoms with Crippen LogP contribution < -0.4 is 15.4 Å². The molecule has 1 atom stereocenters. The van der Waals surface area contributed by atoms with Crippen molar-refractivity contribution in [2.24, 2.45) is 4.99 Å². The van der Waals surface area contributed by atoms with Gasteiger partial charge < -0.3 is 20.1 Å². The average molecular weight is 440 g/mol. The number of esters is 1. The number of carbonyl (C=O) groups is 2. The number of rotatable bonds is 7. The van der Waals surface area contributed by atoms with Gasteiger partial charge in [-0.3, -0.25) is 9.59 Å². The van der Waals surface area contributed by atoms with Crippen LogP contribution >= 0.6 is 11.8 Å². The number of ether oxygens (including phenoxy) is 2. The number of fused-ring (bicyclic) bond motifs is 1. The second-order valence-corrected chi connectivity index (χ2v) is 7.97. The van der Waals surface area contributed by atoms with E-state index in [1.54, 1.807) is 37.5 Å². The molecule has 1 amide bonds. The summed E-state index contributed by atoms with van der Waals surface area (Å²) >= 11 is 1.36. The van der Waals surface area contributed by atoms with Gasteiger partial charge in [0.1, 0.15) is 5.75 Å². The summed E-state index contributed by atoms with van der Waals surface area (Å²) in [7, 11) is 2.95. The van der Waals surface area contributed by atoms with Crippen LogP contribution in [0.25, 0.3) is 0 Å². The van der Waals surface area contributed by atoms with E-state index >= 15 is 0 Å². The monoisotopic (exact) mass is 439 g/mol. The number of thioether (sulfide) groups is 1. The smallest absolute Gasteiger partial charge is 0.311 e. The zero-order valence-corrected chi connectivity index (χ0v) is 18.5. The van der Waals surface area contributed by atoms with Crippen molar-refractivity contribution in [2.45, 2.75) is 25.0 Å². The van der Waals surface area contributed by atoms with E-state index in [-0.39, 0.29) is 23.5 Å². The zero-order valence-electron chi connectivity index (χ0n) is 17.7. The summed E-state index contributed by atoms with van der Waals surface area (Å²) in [4.78, 5) is 29.4. The molecule has 31 heavy (non-hydrogen) atoms. The molecule has 0 aliphatic carbocycles. The van der Waals surface area contributed by atoms with E-state index in [0.717, 1.165) is 17.1 Å². The number of hydrogen-bond donors (Lipinski definition) is 2. The van der Waals surface area contributed by atoms with Gasteiger partial charge in [-0.15, -0.1) is 0 Å². The Morgan fingerprint density at radius 2 is 1.87 bits per heavy atom. The Balaban J connectivity index is 1.80. The van der Waals surface area contributed by atoms with Crippen LogP contribution in [-0.4, -0.2) is 36.4 Å². The van der Waals surface area contributed by atoms with E-state index in [1.807, 2.05) is 31.2 Å². The highest BCUT2D eigenvalue weighted by Gasteiger charge is 2.22. The Morgan fingerprint density at radius 3 is 2.55 bits per heavy atom. The molecule has 2 N–H and O–H groups in total. The topological polar surface area (TPSA) is 89.0 Å². The van der Waals surface area contributed by atoms with Crippen LogP contribution in [0.15, 0.2) is 65.3 Å². The molecule has 2 aromatic rings. The Hall–Kier alpha value is -3.26. The Labute approximate surface area is 185 Å². The SMILES string of the molecule is CC[C@@H](SC1=Nc2ccccc2NC(CC(=O)OC)=C1)C(=O)Nc1ccc(OC)cc1. The first-order chi connectivity index (χ1) is 15.0. The zero-order chi connectivity index (χ0) is 22.2. The van der Waals surface area contributed by atoms with Crippen molar-refractivity contribution in [3.05, 3.63) is 60.3 Å². The maximum absolute atomic E-state index is 12.9. The largest absolute Gasteiger partial charge is 0.497 e. The van der Waals surface area contributed by atoms with Crippen molar-refractivity contribution in [1.29, 1.82) is 0 Å². The molecular formula is C23H25N3O4S. The van der Waals surface area contributed by atoms with Crippen molar-refractivity contribution < 1.29 is 19.1 Å². The van der Waals surface area contributed by atoms with Gasteiger partial charge in [-0.05, 0) is 48.9 Å². The molecule has 8 heteroatoms. The van der Waals surface area contributed by atoms with Crippen molar-refractivity contribution >= 4 is 45.7 Å². The molecule has 162 valence electrons. The normalized spacial score (nSPS) is 13.5. The molecule has 0 spiro atoms. The maximum Gasteiger partial charge on any atom is 0.311 e. The molecule has 0 aromatic heterocycles. The van der Waals surface area contributed by atoms with Crippen LogP contribution in [0.1, 0.15) is 19.8 Å². The van der Waals surface area contributed by atoms with Crippen molar-refractivity contribution in [3.63, 3.8) is 0 Å². The first-order valence-corrected chi connectivity index (χ1v) is 10.7. The van der Waals surface area contributed by atoms with Gasteiger partial charge in [-0.2, -0.15) is 0 Å². The summed E-state index contributed by atoms with van der Waals surface area (Å²) in [5.41, 5.74) is 2.89. The summed E-state index contributed by atoms with van der Waals surface area (Å²) in [6.45, 7) is 1.95. The molecule has 1 heterocycles. The second kappa shape index (κ2) is 10.7. The van der Waals surface area contributed by atoms with Gasteiger partial charge in [0.25, 0.3) is 0 Å². The summed E-state index contributed by atoms with van der Waals surface area (Å²) in [5, 5.41) is 6.47. The molecular weight excluding hydrogens is 414 g/mol.